The lowest BCUT2D eigenvalue weighted by molar-refractivity contribution is -0.989. The van der Waals surface area contributed by atoms with Crippen molar-refractivity contribution in [2.75, 3.05) is 19.6 Å². The Balaban J connectivity index is 0.00000110. The standard InChI is InChI=1S/C19H41N2.H2O4S/c1-9-17-18(10-2,11-3)20(14-6)19(12-4,13-5)21(17,15-7)16-8;1-5(2,3)4/h17H,9-16H2,1-8H3;(H2,1,2,3,4)/q+1;/p-1. The molecule has 1 heterocycles. The molecule has 1 saturated heterocycles. The van der Waals surface area contributed by atoms with Crippen molar-refractivity contribution in [1.29, 1.82) is 0 Å². The van der Waals surface area contributed by atoms with Crippen molar-refractivity contribution in [2.45, 2.75) is 105 Å². The van der Waals surface area contributed by atoms with E-state index in [0.29, 0.717) is 11.2 Å². The van der Waals surface area contributed by atoms with Gasteiger partial charge in [0.2, 0.25) is 10.4 Å². The summed E-state index contributed by atoms with van der Waals surface area (Å²) in [5.41, 5.74) is 0.729. The topological polar surface area (TPSA) is 80.7 Å². The summed E-state index contributed by atoms with van der Waals surface area (Å²) in [7, 11) is -4.92. The monoisotopic (exact) mass is 394 g/mol. The number of rotatable bonds is 8. The molecule has 0 aromatic carbocycles. The van der Waals surface area contributed by atoms with Crippen LogP contribution in [0.5, 0.6) is 0 Å². The molecule has 0 amide bonds. The number of likely N-dealkylation sites (N-methyl/N-ethyl adjacent to an activating group) is 2. The maximum Gasteiger partial charge on any atom is 0.215 e. The van der Waals surface area contributed by atoms with Gasteiger partial charge in [-0.1, -0.05) is 41.5 Å². The Morgan fingerprint density at radius 2 is 1.31 bits per heavy atom. The van der Waals surface area contributed by atoms with Gasteiger partial charge in [-0.25, -0.2) is 13.3 Å². The van der Waals surface area contributed by atoms with Crippen LogP contribution in [-0.2, 0) is 10.4 Å². The number of quaternary nitrogens is 1. The van der Waals surface area contributed by atoms with Crippen LogP contribution in [0.25, 0.3) is 0 Å². The van der Waals surface area contributed by atoms with E-state index in [1.807, 2.05) is 0 Å². The van der Waals surface area contributed by atoms with E-state index in [4.69, 9.17) is 17.5 Å². The van der Waals surface area contributed by atoms with Crippen molar-refractivity contribution in [3.63, 3.8) is 0 Å². The average Bonchev–Trinajstić information content (AvgIpc) is 2.81. The summed E-state index contributed by atoms with van der Waals surface area (Å²) in [6.45, 7) is 23.1. The summed E-state index contributed by atoms with van der Waals surface area (Å²) in [5.74, 6) is 0. The molecule has 6 nitrogen and oxygen atoms in total. The molecule has 1 fully saturated rings. The van der Waals surface area contributed by atoms with Gasteiger partial charge < -0.3 is 9.04 Å². The minimum absolute atomic E-state index is 0.338. The van der Waals surface area contributed by atoms with Crippen LogP contribution in [0.1, 0.15) is 87.5 Å². The number of nitrogens with zero attached hydrogens (tertiary/aromatic N) is 2. The van der Waals surface area contributed by atoms with E-state index in [0.717, 1.165) is 6.04 Å². The Kier molecular flexibility index (Phi) is 9.75. The third-order valence-corrected chi connectivity index (χ3v) is 7.27. The summed E-state index contributed by atoms with van der Waals surface area (Å²) in [4.78, 5) is 2.95. The summed E-state index contributed by atoms with van der Waals surface area (Å²) in [6.07, 6.45) is 6.44. The first-order chi connectivity index (χ1) is 12.0. The molecule has 1 unspecified atom stereocenters. The molecule has 0 bridgehead atoms. The van der Waals surface area contributed by atoms with Crippen LogP contribution in [-0.4, -0.2) is 63.8 Å². The van der Waals surface area contributed by atoms with Crippen molar-refractivity contribution < 1.29 is 22.0 Å². The number of hydrogen-bond donors (Lipinski definition) is 1. The highest BCUT2D eigenvalue weighted by atomic mass is 32.3. The van der Waals surface area contributed by atoms with Gasteiger partial charge in [0.1, 0.15) is 6.04 Å². The smallest absolute Gasteiger partial charge is 0.215 e. The highest BCUT2D eigenvalue weighted by molar-refractivity contribution is 7.79. The lowest BCUT2D eigenvalue weighted by atomic mass is 9.81. The first-order valence-corrected chi connectivity index (χ1v) is 11.7. The molecule has 0 radical (unpaired) electrons. The van der Waals surface area contributed by atoms with Crippen LogP contribution in [0.4, 0.5) is 0 Å². The van der Waals surface area contributed by atoms with E-state index in [-0.39, 0.29) is 0 Å². The Labute approximate surface area is 162 Å². The van der Waals surface area contributed by atoms with Crippen molar-refractivity contribution in [3.8, 4) is 0 Å². The van der Waals surface area contributed by atoms with Crippen LogP contribution < -0.4 is 0 Å². The Morgan fingerprint density at radius 1 is 0.923 bits per heavy atom. The van der Waals surface area contributed by atoms with Gasteiger partial charge in [0, 0.05) is 19.4 Å². The van der Waals surface area contributed by atoms with Gasteiger partial charge in [-0.3, -0.25) is 4.55 Å². The van der Waals surface area contributed by atoms with Crippen LogP contribution in [0.3, 0.4) is 0 Å². The molecule has 1 N–H and O–H groups in total. The second-order valence-corrected chi connectivity index (χ2v) is 8.12. The molecule has 26 heavy (non-hydrogen) atoms. The SMILES string of the molecule is CCC1C(CC)(CC)N(CC)C(CC)(CC)[N+]1(CC)CC.O=S(=O)([O-])O. The van der Waals surface area contributed by atoms with Crippen LogP contribution in [0, 0.1) is 0 Å². The lowest BCUT2D eigenvalue weighted by Gasteiger charge is -2.52. The molecule has 0 aliphatic carbocycles. The van der Waals surface area contributed by atoms with Crippen LogP contribution in [0.2, 0.25) is 0 Å². The van der Waals surface area contributed by atoms with Gasteiger partial charge in [-0.15, -0.1) is 0 Å². The molecule has 7 heteroatoms. The third-order valence-electron chi connectivity index (χ3n) is 7.27. The van der Waals surface area contributed by atoms with E-state index in [1.165, 1.54) is 56.2 Å². The first kappa shape index (κ1) is 25.8. The van der Waals surface area contributed by atoms with Gasteiger partial charge in [-0.05, 0) is 33.1 Å². The molecule has 158 valence electrons. The zero-order valence-corrected chi connectivity index (χ0v) is 19.0. The fraction of sp³-hybridized carbons (Fsp3) is 1.00. The fourth-order valence-electron chi connectivity index (χ4n) is 6.54. The van der Waals surface area contributed by atoms with Gasteiger partial charge in [0.05, 0.1) is 18.6 Å². The Bertz CT molecular complexity index is 474. The van der Waals surface area contributed by atoms with Gasteiger partial charge in [0.15, 0.2) is 5.66 Å². The van der Waals surface area contributed by atoms with Crippen molar-refractivity contribution in [2.24, 2.45) is 0 Å². The van der Waals surface area contributed by atoms with E-state index < -0.39 is 10.4 Å². The van der Waals surface area contributed by atoms with Crippen molar-refractivity contribution >= 4 is 10.4 Å². The van der Waals surface area contributed by atoms with E-state index >= 15 is 0 Å². The highest BCUT2D eigenvalue weighted by Gasteiger charge is 2.69. The summed E-state index contributed by atoms with van der Waals surface area (Å²) in [5, 5.41) is 0. The minimum Gasteiger partial charge on any atom is -0.726 e. The summed E-state index contributed by atoms with van der Waals surface area (Å²) in [6, 6.07) is 0.780. The third kappa shape index (κ3) is 4.12. The molecule has 1 rings (SSSR count). The first-order valence-electron chi connectivity index (χ1n) is 10.3. The van der Waals surface area contributed by atoms with Crippen LogP contribution in [0.15, 0.2) is 0 Å². The quantitative estimate of drug-likeness (QED) is 0.382. The zero-order chi connectivity index (χ0) is 20.8. The highest BCUT2D eigenvalue weighted by Crippen LogP contribution is 2.54. The maximum absolute atomic E-state index is 8.63. The fourth-order valence-corrected chi connectivity index (χ4v) is 6.54. The van der Waals surface area contributed by atoms with E-state index in [1.54, 1.807) is 0 Å². The average molecular weight is 395 g/mol. The molecular weight excluding hydrogens is 352 g/mol. The summed E-state index contributed by atoms with van der Waals surface area (Å²) >= 11 is 0. The zero-order valence-electron chi connectivity index (χ0n) is 18.2. The second-order valence-electron chi connectivity index (χ2n) is 7.26. The lowest BCUT2D eigenvalue weighted by Crippen LogP contribution is -2.67. The minimum atomic E-state index is -4.92. The van der Waals surface area contributed by atoms with Gasteiger partial charge >= 0.3 is 0 Å². The summed E-state index contributed by atoms with van der Waals surface area (Å²) < 4.78 is 34.1. The van der Waals surface area contributed by atoms with Gasteiger partial charge in [-0.2, -0.15) is 0 Å². The van der Waals surface area contributed by atoms with Crippen molar-refractivity contribution in [1.82, 2.24) is 4.90 Å². The molecule has 0 aromatic heterocycles. The molecule has 0 spiro atoms. The largest absolute Gasteiger partial charge is 0.726 e. The van der Waals surface area contributed by atoms with E-state index in [2.05, 4.69) is 60.3 Å². The molecular formula is C19H42N2O4S. The Morgan fingerprint density at radius 3 is 1.50 bits per heavy atom. The predicted molar refractivity (Wildman–Crippen MR) is 107 cm³/mol. The van der Waals surface area contributed by atoms with E-state index in [9.17, 15) is 0 Å². The van der Waals surface area contributed by atoms with Crippen molar-refractivity contribution in [3.05, 3.63) is 0 Å². The van der Waals surface area contributed by atoms with Crippen LogP contribution >= 0.6 is 0 Å². The molecule has 0 saturated carbocycles. The predicted octanol–water partition coefficient (Wildman–Crippen LogP) is 4.04. The Hall–Kier alpha value is -0.210. The molecule has 1 aliphatic heterocycles. The number of hydrogen-bond acceptors (Lipinski definition) is 4. The molecule has 0 aromatic rings. The molecule has 1 aliphatic rings. The second kappa shape index (κ2) is 9.82. The normalized spacial score (nSPS) is 24.2. The van der Waals surface area contributed by atoms with Gasteiger partial charge in [0.25, 0.3) is 0 Å². The molecule has 1 atom stereocenters. The maximum atomic E-state index is 8.63.